The number of para-hydroxylation sites is 1. The predicted octanol–water partition coefficient (Wildman–Crippen LogP) is 3.17. The highest BCUT2D eigenvalue weighted by atomic mass is 79.9. The highest BCUT2D eigenvalue weighted by Gasteiger charge is 2.30. The number of benzene rings is 2. The SMILES string of the molecule is CCCNC(=O)C(C)N(Cc1ccc(OC)cc1)C(=O)CN(c1ccccc1Br)S(C)(=O)=O. The molecule has 0 bridgehead atoms. The summed E-state index contributed by atoms with van der Waals surface area (Å²) < 4.78 is 31.9. The van der Waals surface area contributed by atoms with Crippen LogP contribution in [0.2, 0.25) is 0 Å². The predicted molar refractivity (Wildman–Crippen MR) is 133 cm³/mol. The second-order valence-corrected chi connectivity index (χ2v) is 10.3. The number of sulfonamides is 1. The minimum Gasteiger partial charge on any atom is -0.497 e. The molecule has 1 N–H and O–H groups in total. The average molecular weight is 540 g/mol. The van der Waals surface area contributed by atoms with E-state index in [-0.39, 0.29) is 12.5 Å². The Hall–Kier alpha value is -2.59. The topological polar surface area (TPSA) is 96.0 Å². The van der Waals surface area contributed by atoms with Gasteiger partial charge in [0, 0.05) is 17.6 Å². The third-order valence-electron chi connectivity index (χ3n) is 5.03. The van der Waals surface area contributed by atoms with E-state index in [1.165, 1.54) is 4.90 Å². The summed E-state index contributed by atoms with van der Waals surface area (Å²) in [6.45, 7) is 3.75. The smallest absolute Gasteiger partial charge is 0.244 e. The molecule has 2 amide bonds. The Morgan fingerprint density at radius 1 is 1.12 bits per heavy atom. The van der Waals surface area contributed by atoms with Crippen LogP contribution in [0.5, 0.6) is 5.75 Å². The van der Waals surface area contributed by atoms with Gasteiger partial charge in [-0.15, -0.1) is 0 Å². The fourth-order valence-corrected chi connectivity index (χ4v) is 4.63. The molecule has 0 aliphatic rings. The summed E-state index contributed by atoms with van der Waals surface area (Å²) in [7, 11) is -2.21. The Morgan fingerprint density at radius 2 is 1.76 bits per heavy atom. The van der Waals surface area contributed by atoms with Crippen molar-refractivity contribution in [1.29, 1.82) is 0 Å². The van der Waals surface area contributed by atoms with Gasteiger partial charge in [0.05, 0.1) is 19.1 Å². The Balaban J connectivity index is 2.37. The van der Waals surface area contributed by atoms with Gasteiger partial charge in [-0.25, -0.2) is 8.42 Å². The molecule has 1 unspecified atom stereocenters. The molecule has 0 aliphatic heterocycles. The number of carbonyl (C=O) groups is 2. The lowest BCUT2D eigenvalue weighted by Crippen LogP contribution is -2.51. The van der Waals surface area contributed by atoms with Gasteiger partial charge in [-0.3, -0.25) is 13.9 Å². The zero-order valence-electron chi connectivity index (χ0n) is 19.2. The minimum absolute atomic E-state index is 0.136. The molecule has 0 fully saturated rings. The normalized spacial score (nSPS) is 12.0. The zero-order chi connectivity index (χ0) is 24.6. The van der Waals surface area contributed by atoms with Crippen molar-refractivity contribution in [2.75, 3.05) is 30.8 Å². The Morgan fingerprint density at radius 3 is 2.30 bits per heavy atom. The Kier molecular flexibility index (Phi) is 9.72. The summed E-state index contributed by atoms with van der Waals surface area (Å²) >= 11 is 3.36. The maximum Gasteiger partial charge on any atom is 0.244 e. The van der Waals surface area contributed by atoms with Gasteiger partial charge in [-0.1, -0.05) is 31.2 Å². The number of hydrogen-bond donors (Lipinski definition) is 1. The van der Waals surface area contributed by atoms with Crippen molar-refractivity contribution in [2.24, 2.45) is 0 Å². The average Bonchev–Trinajstić information content (AvgIpc) is 2.79. The first-order chi connectivity index (χ1) is 15.6. The van der Waals surface area contributed by atoms with Crippen molar-refractivity contribution in [1.82, 2.24) is 10.2 Å². The number of methoxy groups -OCH3 is 1. The van der Waals surface area contributed by atoms with Gasteiger partial charge in [0.1, 0.15) is 18.3 Å². The second-order valence-electron chi connectivity index (χ2n) is 7.56. The lowest BCUT2D eigenvalue weighted by molar-refractivity contribution is -0.139. The first-order valence-electron chi connectivity index (χ1n) is 10.5. The number of nitrogens with zero attached hydrogens (tertiary/aromatic N) is 2. The number of carbonyl (C=O) groups excluding carboxylic acids is 2. The highest BCUT2D eigenvalue weighted by Crippen LogP contribution is 2.28. The third-order valence-corrected chi connectivity index (χ3v) is 6.83. The molecule has 0 aromatic heterocycles. The highest BCUT2D eigenvalue weighted by molar-refractivity contribution is 9.10. The van der Waals surface area contributed by atoms with E-state index < -0.39 is 28.5 Å². The van der Waals surface area contributed by atoms with Gasteiger partial charge in [0.2, 0.25) is 21.8 Å². The number of ether oxygens (including phenoxy) is 1. The Bertz CT molecular complexity index is 1060. The van der Waals surface area contributed by atoms with Crippen LogP contribution in [0.3, 0.4) is 0 Å². The largest absolute Gasteiger partial charge is 0.497 e. The molecule has 2 aromatic rings. The van der Waals surface area contributed by atoms with Crippen LogP contribution in [0.15, 0.2) is 53.0 Å². The second kappa shape index (κ2) is 12.0. The van der Waals surface area contributed by atoms with Crippen molar-refractivity contribution in [3.63, 3.8) is 0 Å². The number of anilines is 1. The molecule has 0 saturated carbocycles. The van der Waals surface area contributed by atoms with Gasteiger partial charge in [0.25, 0.3) is 0 Å². The number of amides is 2. The van der Waals surface area contributed by atoms with E-state index in [2.05, 4.69) is 21.2 Å². The molecule has 0 heterocycles. The minimum atomic E-state index is -3.77. The number of rotatable bonds is 11. The molecule has 0 aliphatic carbocycles. The molecule has 2 rings (SSSR count). The molecule has 0 saturated heterocycles. The van der Waals surface area contributed by atoms with Crippen LogP contribution in [0.1, 0.15) is 25.8 Å². The van der Waals surface area contributed by atoms with Crippen molar-refractivity contribution in [2.45, 2.75) is 32.9 Å². The molecule has 180 valence electrons. The molecule has 2 aromatic carbocycles. The maximum atomic E-state index is 13.4. The molecule has 10 heteroatoms. The Labute approximate surface area is 204 Å². The van der Waals surface area contributed by atoms with E-state index >= 15 is 0 Å². The maximum absolute atomic E-state index is 13.4. The molecule has 0 spiro atoms. The quantitative estimate of drug-likeness (QED) is 0.473. The van der Waals surface area contributed by atoms with Crippen molar-refractivity contribution >= 4 is 43.5 Å². The van der Waals surface area contributed by atoms with Gasteiger partial charge >= 0.3 is 0 Å². The number of hydrogen-bond acceptors (Lipinski definition) is 5. The summed E-state index contributed by atoms with van der Waals surface area (Å²) in [4.78, 5) is 27.5. The number of halogens is 1. The van der Waals surface area contributed by atoms with Crippen molar-refractivity contribution in [3.05, 3.63) is 58.6 Å². The monoisotopic (exact) mass is 539 g/mol. The fraction of sp³-hybridized carbons (Fsp3) is 0.391. The molecule has 8 nitrogen and oxygen atoms in total. The van der Waals surface area contributed by atoms with Crippen LogP contribution >= 0.6 is 15.9 Å². The van der Waals surface area contributed by atoms with Crippen molar-refractivity contribution in [3.8, 4) is 5.75 Å². The van der Waals surface area contributed by atoms with Crippen LogP contribution in [0.25, 0.3) is 0 Å². The van der Waals surface area contributed by atoms with Crippen LogP contribution in [0.4, 0.5) is 5.69 Å². The summed E-state index contributed by atoms with van der Waals surface area (Å²) in [6, 6.07) is 13.1. The summed E-state index contributed by atoms with van der Waals surface area (Å²) in [5.74, 6) is -0.126. The van der Waals surface area contributed by atoms with E-state index in [0.29, 0.717) is 22.5 Å². The third kappa shape index (κ3) is 7.46. The lowest BCUT2D eigenvalue weighted by atomic mass is 10.1. The van der Waals surface area contributed by atoms with E-state index in [1.807, 2.05) is 6.92 Å². The van der Waals surface area contributed by atoms with Crippen molar-refractivity contribution < 1.29 is 22.7 Å². The zero-order valence-corrected chi connectivity index (χ0v) is 21.6. The van der Waals surface area contributed by atoms with Gasteiger partial charge < -0.3 is 15.0 Å². The van der Waals surface area contributed by atoms with E-state index in [9.17, 15) is 18.0 Å². The number of nitrogens with one attached hydrogen (secondary N) is 1. The van der Waals surface area contributed by atoms with E-state index in [0.717, 1.165) is 22.5 Å². The lowest BCUT2D eigenvalue weighted by Gasteiger charge is -2.31. The molecule has 1 atom stereocenters. The van der Waals surface area contributed by atoms with Gasteiger partial charge in [-0.05, 0) is 59.1 Å². The molecule has 0 radical (unpaired) electrons. The van der Waals surface area contributed by atoms with E-state index in [4.69, 9.17) is 4.74 Å². The van der Waals surface area contributed by atoms with Gasteiger partial charge in [-0.2, -0.15) is 0 Å². The molecular weight excluding hydrogens is 510 g/mol. The summed E-state index contributed by atoms with van der Waals surface area (Å²) in [5.41, 5.74) is 1.13. The molecule has 33 heavy (non-hydrogen) atoms. The van der Waals surface area contributed by atoms with Crippen LogP contribution in [-0.4, -0.2) is 57.6 Å². The van der Waals surface area contributed by atoms with E-state index in [1.54, 1.807) is 62.6 Å². The molecular formula is C23H30BrN3O5S. The van der Waals surface area contributed by atoms with Gasteiger partial charge in [0.15, 0.2) is 0 Å². The van der Waals surface area contributed by atoms with Crippen LogP contribution in [-0.2, 0) is 26.2 Å². The van der Waals surface area contributed by atoms with Crippen LogP contribution in [0, 0.1) is 0 Å². The summed E-state index contributed by atoms with van der Waals surface area (Å²) in [5, 5.41) is 2.80. The standard InChI is InChI=1S/C23H30BrN3O5S/c1-5-14-25-23(29)17(2)26(15-18-10-12-19(32-3)13-11-18)22(28)16-27(33(4,30)31)21-9-7-6-8-20(21)24/h6-13,17H,5,14-16H2,1-4H3,(H,25,29). The first kappa shape index (κ1) is 26.7. The fourth-order valence-electron chi connectivity index (χ4n) is 3.15. The summed E-state index contributed by atoms with van der Waals surface area (Å²) in [6.07, 6.45) is 1.81. The first-order valence-corrected chi connectivity index (χ1v) is 13.1. The van der Waals surface area contributed by atoms with Crippen LogP contribution < -0.4 is 14.4 Å².